The highest BCUT2D eigenvalue weighted by Crippen LogP contribution is 2.39. The molecule has 0 radical (unpaired) electrons. The van der Waals surface area contributed by atoms with E-state index in [1.54, 1.807) is 7.11 Å². The van der Waals surface area contributed by atoms with Crippen molar-refractivity contribution in [3.05, 3.63) is 64.7 Å². The molecular weight excluding hydrogens is 576 g/mol. The van der Waals surface area contributed by atoms with E-state index in [0.29, 0.717) is 28.9 Å². The van der Waals surface area contributed by atoms with Gasteiger partial charge in [0.25, 0.3) is 0 Å². The molecule has 6 rings (SSSR count). The predicted molar refractivity (Wildman–Crippen MR) is 146 cm³/mol. The lowest BCUT2D eigenvalue weighted by Gasteiger charge is -2.29. The number of benzene rings is 2. The Bertz CT molecular complexity index is 1540. The second-order valence-electron chi connectivity index (χ2n) is 11.3. The fourth-order valence-electron chi connectivity index (χ4n) is 5.26. The Morgan fingerprint density at radius 1 is 0.860 bits per heavy atom. The first kappa shape index (κ1) is 29.0. The highest BCUT2D eigenvalue weighted by Gasteiger charge is 2.37. The van der Waals surface area contributed by atoms with Crippen molar-refractivity contribution in [2.75, 3.05) is 30.0 Å². The van der Waals surface area contributed by atoms with Gasteiger partial charge in [-0.15, -0.1) is 0 Å². The lowest BCUT2D eigenvalue weighted by molar-refractivity contribution is -0.143. The summed E-state index contributed by atoms with van der Waals surface area (Å²) >= 11 is 0. The number of pyridine rings is 1. The number of ether oxygens (including phenoxy) is 1. The number of rotatable bonds is 11. The van der Waals surface area contributed by atoms with E-state index < -0.39 is 23.5 Å². The molecule has 1 N–H and O–H groups in total. The molecule has 43 heavy (non-hydrogen) atoms. The number of tetrazole rings is 1. The summed E-state index contributed by atoms with van der Waals surface area (Å²) in [6.45, 7) is 1.35. The van der Waals surface area contributed by atoms with Gasteiger partial charge in [0.2, 0.25) is 5.95 Å². The normalized spacial score (nSPS) is 15.6. The van der Waals surface area contributed by atoms with Gasteiger partial charge in [0.05, 0.1) is 18.2 Å². The Morgan fingerprint density at radius 3 is 2.05 bits per heavy atom. The number of fused-ring (bicyclic) bond motifs is 1. The first-order valence-corrected chi connectivity index (χ1v) is 14.0. The van der Waals surface area contributed by atoms with Gasteiger partial charge in [-0.25, -0.2) is 10.1 Å². The quantitative estimate of drug-likeness (QED) is 0.192. The summed E-state index contributed by atoms with van der Waals surface area (Å²) < 4.78 is 87.3. The number of alkyl halides is 6. The van der Waals surface area contributed by atoms with Crippen LogP contribution in [0.2, 0.25) is 0 Å². The molecule has 2 aliphatic carbocycles. The van der Waals surface area contributed by atoms with E-state index in [2.05, 4.69) is 25.5 Å². The van der Waals surface area contributed by atoms with Crippen molar-refractivity contribution >= 4 is 22.7 Å². The van der Waals surface area contributed by atoms with Crippen molar-refractivity contribution < 1.29 is 31.1 Å². The van der Waals surface area contributed by atoms with Crippen LogP contribution < -0.4 is 14.5 Å². The molecule has 8 nitrogen and oxygen atoms in total. The molecule has 0 unspecified atom stereocenters. The maximum absolute atomic E-state index is 13.6. The monoisotopic (exact) mass is 605 g/mol. The number of hydrogen-bond acceptors (Lipinski definition) is 7. The number of nitrogens with one attached hydrogen (secondary N) is 1. The highest BCUT2D eigenvalue weighted by atomic mass is 19.4. The van der Waals surface area contributed by atoms with Crippen LogP contribution in [-0.4, -0.2) is 45.8 Å². The van der Waals surface area contributed by atoms with E-state index >= 15 is 0 Å². The van der Waals surface area contributed by atoms with E-state index in [1.807, 2.05) is 24.3 Å². The zero-order valence-electron chi connectivity index (χ0n) is 23.2. The van der Waals surface area contributed by atoms with Gasteiger partial charge in [-0.2, -0.15) is 26.3 Å². The molecule has 0 atom stereocenters. The highest BCUT2D eigenvalue weighted by molar-refractivity contribution is 5.87. The Kier molecular flexibility index (Phi) is 7.55. The summed E-state index contributed by atoms with van der Waals surface area (Å²) in [5, 5.41) is 14.5. The van der Waals surface area contributed by atoms with Crippen molar-refractivity contribution in [2.24, 2.45) is 11.8 Å². The van der Waals surface area contributed by atoms with Crippen molar-refractivity contribution in [3.8, 4) is 5.75 Å². The van der Waals surface area contributed by atoms with Crippen LogP contribution in [0, 0.1) is 11.8 Å². The van der Waals surface area contributed by atoms with Crippen molar-refractivity contribution in [1.82, 2.24) is 25.6 Å². The van der Waals surface area contributed by atoms with E-state index in [9.17, 15) is 26.3 Å². The molecule has 2 aromatic carbocycles. The SMILES string of the molecule is COc1cccc2cc(CN(Cc3cc(C(F)(F)F)cc(C(F)(F)F)c3)c3nnn[nH]3)c(N(CC3CC3)CC3CC3)nc12. The molecule has 0 spiro atoms. The first-order valence-electron chi connectivity index (χ1n) is 14.0. The fraction of sp³-hybridized carbons (Fsp3) is 0.448. The second kappa shape index (κ2) is 11.2. The Balaban J connectivity index is 1.43. The Hall–Kier alpha value is -4.10. The fourth-order valence-corrected chi connectivity index (χ4v) is 5.26. The van der Waals surface area contributed by atoms with Gasteiger partial charge in [-0.3, -0.25) is 0 Å². The van der Waals surface area contributed by atoms with Gasteiger partial charge < -0.3 is 14.5 Å². The molecule has 2 heterocycles. The second-order valence-corrected chi connectivity index (χ2v) is 11.3. The smallest absolute Gasteiger partial charge is 0.416 e. The molecule has 0 amide bonds. The van der Waals surface area contributed by atoms with Crippen LogP contribution in [-0.2, 0) is 25.4 Å². The van der Waals surface area contributed by atoms with Crippen LogP contribution in [0.15, 0.2) is 42.5 Å². The van der Waals surface area contributed by atoms with Crippen LogP contribution >= 0.6 is 0 Å². The molecule has 0 saturated heterocycles. The minimum atomic E-state index is -4.96. The van der Waals surface area contributed by atoms with Crippen LogP contribution in [0.4, 0.5) is 38.1 Å². The van der Waals surface area contributed by atoms with Gasteiger partial charge in [-0.05, 0) is 83.8 Å². The maximum Gasteiger partial charge on any atom is 0.416 e. The van der Waals surface area contributed by atoms with Crippen LogP contribution in [0.1, 0.15) is 47.9 Å². The average Bonchev–Trinajstić information content (AvgIpc) is 3.89. The predicted octanol–water partition coefficient (Wildman–Crippen LogP) is 6.63. The third-order valence-corrected chi connectivity index (χ3v) is 7.75. The summed E-state index contributed by atoms with van der Waals surface area (Å²) in [7, 11) is 1.57. The number of anilines is 2. The zero-order valence-corrected chi connectivity index (χ0v) is 23.2. The van der Waals surface area contributed by atoms with E-state index in [0.717, 1.165) is 61.9 Å². The number of H-pyrrole nitrogens is 1. The van der Waals surface area contributed by atoms with Crippen LogP contribution in [0.3, 0.4) is 0 Å². The van der Waals surface area contributed by atoms with Gasteiger partial charge in [0.15, 0.2) is 0 Å². The van der Waals surface area contributed by atoms with E-state index in [4.69, 9.17) is 9.72 Å². The van der Waals surface area contributed by atoms with Gasteiger partial charge >= 0.3 is 12.4 Å². The Morgan fingerprint density at radius 2 is 1.51 bits per heavy atom. The number of nitrogens with zero attached hydrogens (tertiary/aromatic N) is 6. The number of aromatic nitrogens is 5. The maximum atomic E-state index is 13.6. The number of methoxy groups -OCH3 is 1. The lowest BCUT2D eigenvalue weighted by atomic mass is 10.0. The van der Waals surface area contributed by atoms with Crippen molar-refractivity contribution in [2.45, 2.75) is 51.1 Å². The average molecular weight is 606 g/mol. The summed E-state index contributed by atoms with van der Waals surface area (Å²) in [6.07, 6.45) is -5.42. The summed E-state index contributed by atoms with van der Waals surface area (Å²) in [6, 6.07) is 9.05. The minimum absolute atomic E-state index is 0.0653. The molecule has 0 aliphatic heterocycles. The standard InChI is InChI=1S/C29H29F6N7O/c1-43-24-4-2-3-20-11-21(26(36-25(20)24)41(13-17-5-6-17)14-18-7-8-18)16-42(27-37-39-40-38-27)15-19-9-22(28(30,31)32)12-23(10-19)29(33,34)35/h2-4,9-12,17-18H,5-8,13-16H2,1H3,(H,37,38,39,40). The third kappa shape index (κ3) is 6.78. The largest absolute Gasteiger partial charge is 0.494 e. The molecule has 2 aliphatic rings. The molecule has 2 aromatic heterocycles. The van der Waals surface area contributed by atoms with Gasteiger partial charge in [0.1, 0.15) is 17.1 Å². The minimum Gasteiger partial charge on any atom is -0.494 e. The van der Waals surface area contributed by atoms with Crippen LogP contribution in [0.25, 0.3) is 10.9 Å². The third-order valence-electron chi connectivity index (χ3n) is 7.75. The first-order chi connectivity index (χ1) is 20.5. The summed E-state index contributed by atoms with van der Waals surface area (Å²) in [4.78, 5) is 8.84. The van der Waals surface area contributed by atoms with Crippen molar-refractivity contribution in [1.29, 1.82) is 0 Å². The van der Waals surface area contributed by atoms with Crippen LogP contribution in [0.5, 0.6) is 5.75 Å². The molecule has 2 fully saturated rings. The number of para-hydroxylation sites is 1. The number of halogens is 6. The summed E-state index contributed by atoms with van der Waals surface area (Å²) in [5.74, 6) is 2.49. The lowest BCUT2D eigenvalue weighted by Crippen LogP contribution is -2.32. The number of hydrogen-bond donors (Lipinski definition) is 1. The molecule has 14 heteroatoms. The summed E-state index contributed by atoms with van der Waals surface area (Å²) in [5.41, 5.74) is -1.55. The topological polar surface area (TPSA) is 83.1 Å². The molecular formula is C29H29F6N7O. The van der Waals surface area contributed by atoms with Crippen molar-refractivity contribution in [3.63, 3.8) is 0 Å². The van der Waals surface area contributed by atoms with E-state index in [1.165, 1.54) is 4.90 Å². The molecule has 2 saturated carbocycles. The number of aromatic amines is 1. The molecule has 0 bridgehead atoms. The van der Waals surface area contributed by atoms with Gasteiger partial charge in [-0.1, -0.05) is 17.2 Å². The molecule has 228 valence electrons. The Labute approximate surface area is 243 Å². The molecule has 4 aromatic rings. The zero-order chi connectivity index (χ0) is 30.4. The van der Waals surface area contributed by atoms with E-state index in [-0.39, 0.29) is 30.7 Å². The van der Waals surface area contributed by atoms with Gasteiger partial charge in [0, 0.05) is 37.1 Å².